The number of rotatable bonds is 4. The van der Waals surface area contributed by atoms with Crippen molar-refractivity contribution >= 4 is 11.7 Å². The Hall–Kier alpha value is -2.63. The second-order valence-corrected chi connectivity index (χ2v) is 5.04. The van der Waals surface area contributed by atoms with Gasteiger partial charge in [-0.3, -0.25) is 10.1 Å². The molecule has 0 atom stereocenters. The van der Waals surface area contributed by atoms with Gasteiger partial charge in [-0.15, -0.1) is 0 Å². The fraction of sp³-hybridized carbons (Fsp3) is 0.312. The largest absolute Gasteiger partial charge is 0.496 e. The number of benzene rings is 1. The molecule has 0 bridgehead atoms. The zero-order valence-corrected chi connectivity index (χ0v) is 13.3. The predicted molar refractivity (Wildman–Crippen MR) is 83.9 cm³/mol. The Kier molecular flexibility index (Phi) is 4.60. The van der Waals surface area contributed by atoms with Gasteiger partial charge in [0.25, 0.3) is 5.84 Å². The van der Waals surface area contributed by atoms with Gasteiger partial charge in [-0.25, -0.2) is 10.1 Å². The molecule has 0 saturated carbocycles. The summed E-state index contributed by atoms with van der Waals surface area (Å²) in [7, 11) is 1.60. The van der Waals surface area contributed by atoms with Gasteiger partial charge in [0.15, 0.2) is 5.69 Å². The van der Waals surface area contributed by atoms with Crippen LogP contribution in [-0.2, 0) is 6.54 Å². The summed E-state index contributed by atoms with van der Waals surface area (Å²) in [6.45, 7) is 6.34. The monoisotopic (exact) mass is 301 g/mol. The Morgan fingerprint density at radius 3 is 2.73 bits per heavy atom. The minimum atomic E-state index is -0.278. The molecule has 1 amide bonds. The van der Waals surface area contributed by atoms with E-state index in [1.165, 1.54) is 0 Å². The van der Waals surface area contributed by atoms with Gasteiger partial charge in [0.05, 0.1) is 18.4 Å². The van der Waals surface area contributed by atoms with Crippen LogP contribution in [0.2, 0.25) is 0 Å². The van der Waals surface area contributed by atoms with Crippen molar-refractivity contribution in [3.05, 3.63) is 46.8 Å². The highest BCUT2D eigenvalue weighted by Crippen LogP contribution is 2.18. The summed E-state index contributed by atoms with van der Waals surface area (Å²) >= 11 is 0. The van der Waals surface area contributed by atoms with E-state index in [0.717, 1.165) is 17.0 Å². The van der Waals surface area contributed by atoms with Gasteiger partial charge in [-0.05, 0) is 44.5 Å². The summed E-state index contributed by atoms with van der Waals surface area (Å²) in [6.07, 6.45) is 0. The van der Waals surface area contributed by atoms with Crippen molar-refractivity contribution in [1.29, 1.82) is 0 Å². The first-order valence-electron chi connectivity index (χ1n) is 7.09. The smallest absolute Gasteiger partial charge is 0.357 e. The second-order valence-electron chi connectivity index (χ2n) is 5.04. The molecule has 0 unspecified atom stereocenters. The Morgan fingerprint density at radius 2 is 2.09 bits per heavy atom. The van der Waals surface area contributed by atoms with Crippen LogP contribution in [0.5, 0.6) is 5.75 Å². The van der Waals surface area contributed by atoms with Crippen LogP contribution in [0.3, 0.4) is 0 Å². The van der Waals surface area contributed by atoms with Gasteiger partial charge >= 0.3 is 5.91 Å². The van der Waals surface area contributed by atoms with Crippen molar-refractivity contribution in [2.24, 2.45) is 0 Å². The molecule has 2 aromatic rings. The molecule has 1 aromatic heterocycles. The van der Waals surface area contributed by atoms with Gasteiger partial charge in [-0.2, -0.15) is 5.10 Å². The first-order chi connectivity index (χ1) is 10.5. The highest BCUT2D eigenvalue weighted by molar-refractivity contribution is 6.09. The Balaban J connectivity index is 2.19. The van der Waals surface area contributed by atoms with E-state index < -0.39 is 0 Å². The van der Waals surface area contributed by atoms with Gasteiger partial charge in [-0.1, -0.05) is 6.07 Å². The van der Waals surface area contributed by atoms with Crippen molar-refractivity contribution < 1.29 is 14.9 Å². The highest BCUT2D eigenvalue weighted by atomic mass is 16.5. The van der Waals surface area contributed by atoms with Crippen LogP contribution in [0.1, 0.15) is 34.2 Å². The molecular weight excluding hydrogens is 280 g/mol. The van der Waals surface area contributed by atoms with Crippen LogP contribution in [0.15, 0.2) is 24.3 Å². The quantitative estimate of drug-likeness (QED) is 0.636. The molecule has 22 heavy (non-hydrogen) atoms. The number of aromatic nitrogens is 2. The number of hydrogen-bond acceptors (Lipinski definition) is 3. The summed E-state index contributed by atoms with van der Waals surface area (Å²) in [5.41, 5.74) is 2.99. The molecule has 0 aliphatic rings. The molecule has 2 rings (SSSR count). The number of ether oxygens (including phenoxy) is 1. The molecule has 0 radical (unpaired) electrons. The maximum absolute atomic E-state index is 12.3. The Morgan fingerprint density at radius 1 is 1.36 bits per heavy atom. The highest BCUT2D eigenvalue weighted by Gasteiger charge is 2.21. The van der Waals surface area contributed by atoms with Crippen LogP contribution in [-0.4, -0.2) is 28.6 Å². The van der Waals surface area contributed by atoms with Crippen LogP contribution in [0.4, 0.5) is 0 Å². The van der Waals surface area contributed by atoms with Crippen molar-refractivity contribution in [1.82, 2.24) is 15.1 Å². The van der Waals surface area contributed by atoms with Gasteiger partial charge in [0, 0.05) is 6.54 Å². The number of methoxy groups -OCH3 is 1. The molecule has 0 spiro atoms. The normalized spacial score (nSPS) is 10.4. The van der Waals surface area contributed by atoms with E-state index in [1.807, 2.05) is 32.9 Å². The first-order valence-corrected chi connectivity index (χ1v) is 7.09. The zero-order chi connectivity index (χ0) is 16.3. The van der Waals surface area contributed by atoms with Crippen LogP contribution < -0.4 is 15.5 Å². The van der Waals surface area contributed by atoms with Gasteiger partial charge < -0.3 is 4.74 Å². The van der Waals surface area contributed by atoms with Crippen molar-refractivity contribution in [2.75, 3.05) is 7.11 Å². The minimum absolute atomic E-state index is 0.278. The van der Waals surface area contributed by atoms with E-state index in [-0.39, 0.29) is 11.7 Å². The number of aryl methyl sites for hydroxylation is 3. The molecule has 0 aliphatic carbocycles. The van der Waals surface area contributed by atoms with Gasteiger partial charge in [0.1, 0.15) is 5.75 Å². The van der Waals surface area contributed by atoms with Crippen molar-refractivity contribution in [3.63, 3.8) is 0 Å². The second kappa shape index (κ2) is 6.43. The summed E-state index contributed by atoms with van der Waals surface area (Å²) in [5, 5.41) is 13.0. The number of amidine groups is 1. The van der Waals surface area contributed by atoms with E-state index in [2.05, 4.69) is 10.4 Å². The Labute approximate surface area is 129 Å². The number of nitrogens with zero attached hydrogens (tertiary/aromatic N) is 2. The number of amides is 1. The summed E-state index contributed by atoms with van der Waals surface area (Å²) in [4.78, 5) is 12.3. The number of nitrogens with two attached hydrogens (primary N) is 1. The predicted octanol–water partition coefficient (Wildman–Crippen LogP) is 0.464. The molecule has 1 aromatic carbocycles. The number of hydrogen-bond donors (Lipinski definition) is 2. The average Bonchev–Trinajstić information content (AvgIpc) is 2.88. The fourth-order valence-electron chi connectivity index (χ4n) is 2.22. The van der Waals surface area contributed by atoms with E-state index in [9.17, 15) is 4.79 Å². The van der Waals surface area contributed by atoms with Crippen LogP contribution in [0, 0.1) is 13.8 Å². The lowest BCUT2D eigenvalue weighted by Crippen LogP contribution is -2.51. The molecule has 0 aliphatic heterocycles. The third-order valence-corrected chi connectivity index (χ3v) is 3.40. The molecular formula is C16H21N4O2+. The topological polar surface area (TPSA) is 81.7 Å². The van der Waals surface area contributed by atoms with Crippen LogP contribution in [0.25, 0.3) is 0 Å². The fourth-order valence-corrected chi connectivity index (χ4v) is 2.22. The van der Waals surface area contributed by atoms with E-state index in [0.29, 0.717) is 17.8 Å². The van der Waals surface area contributed by atoms with E-state index >= 15 is 0 Å². The lowest BCUT2D eigenvalue weighted by atomic mass is 10.1. The maximum atomic E-state index is 12.3. The zero-order valence-electron chi connectivity index (χ0n) is 13.3. The molecule has 0 fully saturated rings. The van der Waals surface area contributed by atoms with Crippen LogP contribution >= 0.6 is 0 Å². The lowest BCUT2D eigenvalue weighted by molar-refractivity contribution is -0.116. The summed E-state index contributed by atoms with van der Waals surface area (Å²) in [5.74, 6) is 0.730. The molecule has 3 N–H and O–H groups in total. The maximum Gasteiger partial charge on any atom is 0.357 e. The average molecular weight is 301 g/mol. The number of carbonyl (C=O) groups excluding carboxylic acids is 1. The van der Waals surface area contributed by atoms with E-state index in [4.69, 9.17) is 10.1 Å². The molecule has 116 valence electrons. The minimum Gasteiger partial charge on any atom is -0.496 e. The van der Waals surface area contributed by atoms with Crippen molar-refractivity contribution in [3.8, 4) is 5.75 Å². The third kappa shape index (κ3) is 3.16. The Bertz CT molecular complexity index is 719. The molecule has 1 heterocycles. The third-order valence-electron chi connectivity index (χ3n) is 3.40. The van der Waals surface area contributed by atoms with Gasteiger partial charge in [0.2, 0.25) is 0 Å². The van der Waals surface area contributed by atoms with Crippen molar-refractivity contribution in [2.45, 2.75) is 27.3 Å². The standard InChI is InChI=1S/C16H20N4O2/c1-5-20-13(8-11(3)19-20)16(21)18-15(17)12-7-6-10(2)14(9-12)22-4/h6-9H,5H2,1-4H3,(H2,17,18,21)/p+1. The number of carbonyl (C=O) groups is 1. The first kappa shape index (κ1) is 15.8. The van der Waals surface area contributed by atoms with E-state index in [1.54, 1.807) is 23.9 Å². The molecule has 6 heteroatoms. The SMILES string of the molecule is CCn1nc(C)cc1C(=O)NC(=[NH2+])c1ccc(C)c(OC)c1. The molecule has 6 nitrogen and oxygen atoms in total. The summed E-state index contributed by atoms with van der Waals surface area (Å²) < 4.78 is 6.92. The molecule has 0 saturated heterocycles. The summed E-state index contributed by atoms with van der Waals surface area (Å²) in [6, 6.07) is 7.28. The number of nitrogens with one attached hydrogen (secondary N) is 1. The lowest BCUT2D eigenvalue weighted by Gasteiger charge is -2.06.